The van der Waals surface area contributed by atoms with E-state index in [0.29, 0.717) is 23.6 Å². The molecule has 6 nitrogen and oxygen atoms in total. The van der Waals surface area contributed by atoms with Crippen LogP contribution in [-0.2, 0) is 27.3 Å². The van der Waals surface area contributed by atoms with Crippen LogP contribution in [0.15, 0.2) is 48.5 Å². The molecule has 0 saturated heterocycles. The Labute approximate surface area is 146 Å². The molecule has 0 fully saturated rings. The fourth-order valence-electron chi connectivity index (χ4n) is 2.20. The van der Waals surface area contributed by atoms with Crippen LogP contribution in [-0.4, -0.2) is 32.7 Å². The second-order valence-electron chi connectivity index (χ2n) is 5.29. The van der Waals surface area contributed by atoms with Crippen molar-refractivity contribution in [2.24, 2.45) is 0 Å². The minimum atomic E-state index is -0.484. The summed E-state index contributed by atoms with van der Waals surface area (Å²) in [5.41, 5.74) is 1.69. The number of hydrogen-bond donors (Lipinski definition) is 1. The summed E-state index contributed by atoms with van der Waals surface area (Å²) < 4.78 is 15.3. The second-order valence-corrected chi connectivity index (χ2v) is 5.29. The fraction of sp³-hybridized carbons (Fsp3) is 0.263. The highest BCUT2D eigenvalue weighted by atomic mass is 16.5. The van der Waals surface area contributed by atoms with E-state index in [1.54, 1.807) is 25.3 Å². The third-order valence-electron chi connectivity index (χ3n) is 3.49. The average Bonchev–Trinajstić information content (AvgIpc) is 2.65. The molecule has 0 aliphatic rings. The molecule has 0 bridgehead atoms. The molecule has 25 heavy (non-hydrogen) atoms. The monoisotopic (exact) mass is 343 g/mol. The van der Waals surface area contributed by atoms with Crippen LogP contribution in [0, 0.1) is 0 Å². The van der Waals surface area contributed by atoms with E-state index in [4.69, 9.17) is 14.2 Å². The molecule has 0 saturated carbocycles. The fourth-order valence-corrected chi connectivity index (χ4v) is 2.20. The van der Waals surface area contributed by atoms with Crippen LogP contribution in [0.25, 0.3) is 0 Å². The van der Waals surface area contributed by atoms with Gasteiger partial charge in [-0.3, -0.25) is 9.59 Å². The summed E-state index contributed by atoms with van der Waals surface area (Å²) >= 11 is 0. The molecule has 2 rings (SSSR count). The van der Waals surface area contributed by atoms with E-state index in [1.165, 1.54) is 7.11 Å². The lowest BCUT2D eigenvalue weighted by Gasteiger charge is -2.10. The van der Waals surface area contributed by atoms with Gasteiger partial charge < -0.3 is 19.5 Å². The van der Waals surface area contributed by atoms with Crippen molar-refractivity contribution in [3.05, 3.63) is 59.7 Å². The maximum absolute atomic E-state index is 11.9. The number of rotatable bonds is 8. The second kappa shape index (κ2) is 9.32. The van der Waals surface area contributed by atoms with Gasteiger partial charge in [-0.25, -0.2) is 0 Å². The third kappa shape index (κ3) is 5.84. The molecule has 0 aliphatic heterocycles. The number of carbonyl (C=O) groups is 2. The zero-order chi connectivity index (χ0) is 18.1. The quantitative estimate of drug-likeness (QED) is 0.743. The molecule has 0 atom stereocenters. The van der Waals surface area contributed by atoms with Crippen molar-refractivity contribution in [1.82, 2.24) is 5.32 Å². The van der Waals surface area contributed by atoms with Gasteiger partial charge in [0.25, 0.3) is 5.91 Å². The molecule has 2 aromatic carbocycles. The number of esters is 1. The molecule has 0 spiro atoms. The van der Waals surface area contributed by atoms with Gasteiger partial charge in [0, 0.05) is 6.54 Å². The summed E-state index contributed by atoms with van der Waals surface area (Å²) in [6, 6.07) is 14.7. The minimum absolute atomic E-state index is 0.0479. The lowest BCUT2D eigenvalue weighted by atomic mass is 10.1. The Hall–Kier alpha value is -3.02. The Morgan fingerprint density at radius 1 is 0.920 bits per heavy atom. The maximum atomic E-state index is 11.9. The molecular weight excluding hydrogens is 322 g/mol. The molecule has 0 aromatic heterocycles. The summed E-state index contributed by atoms with van der Waals surface area (Å²) in [6.07, 6.45) is 0.0479. The molecule has 2 aromatic rings. The van der Waals surface area contributed by atoms with E-state index in [2.05, 4.69) is 5.32 Å². The molecule has 0 aliphatic carbocycles. The number of amides is 1. The van der Waals surface area contributed by atoms with Crippen molar-refractivity contribution in [2.45, 2.75) is 13.0 Å². The summed E-state index contributed by atoms with van der Waals surface area (Å²) in [5, 5.41) is 2.70. The number of carbonyl (C=O) groups excluding carboxylic acids is 2. The molecule has 6 heteroatoms. The number of nitrogens with one attached hydrogen (secondary N) is 1. The van der Waals surface area contributed by atoms with Crippen LogP contribution >= 0.6 is 0 Å². The lowest BCUT2D eigenvalue weighted by molar-refractivity contribution is -0.147. The van der Waals surface area contributed by atoms with E-state index >= 15 is 0 Å². The largest absolute Gasteiger partial charge is 0.493 e. The highest BCUT2D eigenvalue weighted by Crippen LogP contribution is 2.27. The van der Waals surface area contributed by atoms with Crippen LogP contribution in [0.2, 0.25) is 0 Å². The first kappa shape index (κ1) is 18.3. The van der Waals surface area contributed by atoms with Gasteiger partial charge in [0.05, 0.1) is 20.6 Å². The van der Waals surface area contributed by atoms with Crippen LogP contribution in [0.4, 0.5) is 0 Å². The van der Waals surface area contributed by atoms with Gasteiger partial charge in [-0.1, -0.05) is 36.4 Å². The smallest absolute Gasteiger partial charge is 0.310 e. The third-order valence-corrected chi connectivity index (χ3v) is 3.49. The van der Waals surface area contributed by atoms with E-state index in [0.717, 1.165) is 5.56 Å². The van der Waals surface area contributed by atoms with Crippen molar-refractivity contribution in [1.29, 1.82) is 0 Å². The zero-order valence-electron chi connectivity index (χ0n) is 14.3. The van der Waals surface area contributed by atoms with Crippen molar-refractivity contribution < 1.29 is 23.8 Å². The normalized spacial score (nSPS) is 10.0. The van der Waals surface area contributed by atoms with Gasteiger partial charge >= 0.3 is 5.97 Å². The minimum Gasteiger partial charge on any atom is -0.493 e. The average molecular weight is 343 g/mol. The van der Waals surface area contributed by atoms with Crippen LogP contribution in [0.3, 0.4) is 0 Å². The molecule has 1 amide bonds. The van der Waals surface area contributed by atoms with Crippen LogP contribution in [0.5, 0.6) is 11.5 Å². The molecule has 0 heterocycles. The predicted octanol–water partition coefficient (Wildman–Crippen LogP) is 2.11. The number of ether oxygens (including phenoxy) is 3. The summed E-state index contributed by atoms with van der Waals surface area (Å²) in [4.78, 5) is 23.6. The Morgan fingerprint density at radius 3 is 2.32 bits per heavy atom. The predicted molar refractivity (Wildman–Crippen MR) is 92.5 cm³/mol. The molecule has 0 radical (unpaired) electrons. The first-order valence-electron chi connectivity index (χ1n) is 7.79. The van der Waals surface area contributed by atoms with Crippen molar-refractivity contribution in [3.8, 4) is 11.5 Å². The molecular formula is C19H21NO5. The van der Waals surface area contributed by atoms with E-state index in [-0.39, 0.29) is 18.9 Å². The van der Waals surface area contributed by atoms with Gasteiger partial charge in [0.1, 0.15) is 0 Å². The van der Waals surface area contributed by atoms with Gasteiger partial charge in [-0.2, -0.15) is 0 Å². The topological polar surface area (TPSA) is 73.9 Å². The molecule has 132 valence electrons. The zero-order valence-corrected chi connectivity index (χ0v) is 14.3. The van der Waals surface area contributed by atoms with Gasteiger partial charge in [-0.05, 0) is 23.3 Å². The van der Waals surface area contributed by atoms with E-state index in [1.807, 2.05) is 30.3 Å². The SMILES string of the molecule is COc1ccc(CC(=O)OCC(=O)NCc2ccccc2)cc1OC. The van der Waals surface area contributed by atoms with Crippen LogP contribution in [0.1, 0.15) is 11.1 Å². The number of hydrogen-bond acceptors (Lipinski definition) is 5. The van der Waals surface area contributed by atoms with Crippen molar-refractivity contribution in [3.63, 3.8) is 0 Å². The van der Waals surface area contributed by atoms with Crippen molar-refractivity contribution in [2.75, 3.05) is 20.8 Å². The molecule has 0 unspecified atom stereocenters. The lowest BCUT2D eigenvalue weighted by Crippen LogP contribution is -2.28. The first-order valence-corrected chi connectivity index (χ1v) is 7.79. The van der Waals surface area contributed by atoms with Crippen molar-refractivity contribution >= 4 is 11.9 Å². The van der Waals surface area contributed by atoms with Gasteiger partial charge in [0.15, 0.2) is 18.1 Å². The summed E-state index contributed by atoms with van der Waals surface area (Å²) in [7, 11) is 3.07. The van der Waals surface area contributed by atoms with Gasteiger partial charge in [-0.15, -0.1) is 0 Å². The Balaban J connectivity index is 1.77. The Morgan fingerprint density at radius 2 is 1.64 bits per heavy atom. The number of methoxy groups -OCH3 is 2. The summed E-state index contributed by atoms with van der Waals surface area (Å²) in [6.45, 7) is 0.0891. The first-order chi connectivity index (χ1) is 12.1. The Kier molecular flexibility index (Phi) is 6.83. The molecule has 1 N–H and O–H groups in total. The Bertz CT molecular complexity index is 715. The van der Waals surface area contributed by atoms with Crippen LogP contribution < -0.4 is 14.8 Å². The van der Waals surface area contributed by atoms with E-state index < -0.39 is 5.97 Å². The standard InChI is InChI=1S/C19H21NO5/c1-23-16-9-8-15(10-17(16)24-2)11-19(22)25-13-18(21)20-12-14-6-4-3-5-7-14/h3-10H,11-13H2,1-2H3,(H,20,21). The van der Waals surface area contributed by atoms with E-state index in [9.17, 15) is 9.59 Å². The number of benzene rings is 2. The highest BCUT2D eigenvalue weighted by Gasteiger charge is 2.11. The maximum Gasteiger partial charge on any atom is 0.310 e. The summed E-state index contributed by atoms with van der Waals surface area (Å²) in [5.74, 6) is 0.292. The van der Waals surface area contributed by atoms with Gasteiger partial charge in [0.2, 0.25) is 0 Å². The highest BCUT2D eigenvalue weighted by molar-refractivity contribution is 5.81.